The third-order valence-corrected chi connectivity index (χ3v) is 7.40. The van der Waals surface area contributed by atoms with Gasteiger partial charge in [-0.25, -0.2) is 18.4 Å². The van der Waals surface area contributed by atoms with E-state index in [9.17, 15) is 8.42 Å². The number of rotatable bonds is 7. The summed E-state index contributed by atoms with van der Waals surface area (Å²) in [5, 5.41) is 4.10. The molecule has 0 unspecified atom stereocenters. The average Bonchev–Trinajstić information content (AvgIpc) is 3.57. The van der Waals surface area contributed by atoms with Gasteiger partial charge in [0, 0.05) is 31.2 Å². The van der Waals surface area contributed by atoms with Crippen LogP contribution in [0.3, 0.4) is 0 Å². The highest BCUT2D eigenvalue weighted by Crippen LogP contribution is 2.40. The van der Waals surface area contributed by atoms with E-state index in [-0.39, 0.29) is 16.7 Å². The first kappa shape index (κ1) is 24.6. The van der Waals surface area contributed by atoms with Gasteiger partial charge in [0.15, 0.2) is 22.0 Å². The second-order valence-corrected chi connectivity index (χ2v) is 11.3. The van der Waals surface area contributed by atoms with Crippen LogP contribution < -0.4 is 9.64 Å². The van der Waals surface area contributed by atoms with Crippen LogP contribution in [-0.2, 0) is 19.3 Å². The van der Waals surface area contributed by atoms with Gasteiger partial charge in [0.25, 0.3) is 0 Å². The fourth-order valence-electron chi connectivity index (χ4n) is 4.29. The molecular formula is C24H29N5O6S. The Morgan fingerprint density at radius 1 is 1.06 bits per heavy atom. The summed E-state index contributed by atoms with van der Waals surface area (Å²) in [6.45, 7) is 6.45. The van der Waals surface area contributed by atoms with Gasteiger partial charge in [-0.2, -0.15) is 4.98 Å². The average molecular weight is 516 g/mol. The first-order valence-electron chi connectivity index (χ1n) is 11.9. The standard InChI is InChI=1S/C24H29N5O6S/c1-15(2)20-27-22(35-28-20)16-8-10-29(11-9-16)21-19(24-32-12-13-33-24)23(26-14-25-21)34-17-4-6-18(7-5-17)36(3,30)31/h4-7,14-16,24H,8-13H2,1-3H3. The predicted octanol–water partition coefficient (Wildman–Crippen LogP) is 3.61. The summed E-state index contributed by atoms with van der Waals surface area (Å²) < 4.78 is 46.8. The van der Waals surface area contributed by atoms with Crippen molar-refractivity contribution in [1.29, 1.82) is 0 Å². The zero-order valence-corrected chi connectivity index (χ0v) is 21.3. The predicted molar refractivity (Wildman–Crippen MR) is 129 cm³/mol. The second-order valence-electron chi connectivity index (χ2n) is 9.24. The van der Waals surface area contributed by atoms with Gasteiger partial charge in [-0.15, -0.1) is 0 Å². The first-order chi connectivity index (χ1) is 17.3. The summed E-state index contributed by atoms with van der Waals surface area (Å²) in [6.07, 6.45) is 3.62. The second kappa shape index (κ2) is 10.1. The molecule has 2 aliphatic rings. The fourth-order valence-corrected chi connectivity index (χ4v) is 4.92. The monoisotopic (exact) mass is 515 g/mol. The number of hydrogen-bond donors (Lipinski definition) is 0. The molecule has 36 heavy (non-hydrogen) atoms. The summed E-state index contributed by atoms with van der Waals surface area (Å²) in [6, 6.07) is 6.20. The molecule has 2 aromatic heterocycles. The van der Waals surface area contributed by atoms with Crippen LogP contribution in [0, 0.1) is 0 Å². The highest BCUT2D eigenvalue weighted by molar-refractivity contribution is 7.90. The molecule has 2 aliphatic heterocycles. The molecule has 0 spiro atoms. The minimum Gasteiger partial charge on any atom is -0.438 e. The third kappa shape index (κ3) is 5.20. The zero-order chi connectivity index (χ0) is 25.3. The van der Waals surface area contributed by atoms with Crippen LogP contribution in [0.15, 0.2) is 40.0 Å². The van der Waals surface area contributed by atoms with E-state index >= 15 is 0 Å². The summed E-state index contributed by atoms with van der Waals surface area (Å²) >= 11 is 0. The van der Waals surface area contributed by atoms with E-state index in [0.29, 0.717) is 42.1 Å². The molecule has 0 atom stereocenters. The Bertz CT molecular complexity index is 1300. The molecule has 0 bridgehead atoms. The summed E-state index contributed by atoms with van der Waals surface area (Å²) in [5.41, 5.74) is 0.612. The van der Waals surface area contributed by atoms with Crippen LogP contribution in [0.1, 0.15) is 62.1 Å². The minimum absolute atomic E-state index is 0.189. The number of hydrogen-bond acceptors (Lipinski definition) is 11. The molecular weight excluding hydrogens is 486 g/mol. The number of piperidine rings is 1. The summed E-state index contributed by atoms with van der Waals surface area (Å²) in [5.74, 6) is 3.26. The van der Waals surface area contributed by atoms with Crippen molar-refractivity contribution >= 4 is 15.7 Å². The lowest BCUT2D eigenvalue weighted by atomic mass is 9.96. The molecule has 192 valence electrons. The smallest absolute Gasteiger partial charge is 0.232 e. The molecule has 4 heterocycles. The third-order valence-electron chi connectivity index (χ3n) is 6.27. The Balaban J connectivity index is 1.38. The molecule has 0 aliphatic carbocycles. The first-order valence-corrected chi connectivity index (χ1v) is 13.8. The van der Waals surface area contributed by atoms with E-state index in [2.05, 4.69) is 25.0 Å². The maximum absolute atomic E-state index is 11.8. The van der Waals surface area contributed by atoms with Crippen molar-refractivity contribution in [2.45, 2.75) is 49.7 Å². The van der Waals surface area contributed by atoms with Crippen LogP contribution in [-0.4, -0.2) is 61.1 Å². The Morgan fingerprint density at radius 2 is 1.75 bits per heavy atom. The number of nitrogens with zero attached hydrogens (tertiary/aromatic N) is 5. The molecule has 12 heteroatoms. The topological polar surface area (TPSA) is 130 Å². The normalized spacial score (nSPS) is 17.7. The number of anilines is 1. The van der Waals surface area contributed by atoms with Crippen LogP contribution in [0.25, 0.3) is 0 Å². The van der Waals surface area contributed by atoms with Crippen molar-refractivity contribution in [2.75, 3.05) is 37.5 Å². The van der Waals surface area contributed by atoms with E-state index in [1.54, 1.807) is 12.1 Å². The molecule has 2 saturated heterocycles. The molecule has 5 rings (SSSR count). The lowest BCUT2D eigenvalue weighted by Crippen LogP contribution is -2.34. The van der Waals surface area contributed by atoms with E-state index in [1.807, 2.05) is 13.8 Å². The van der Waals surface area contributed by atoms with Gasteiger partial charge < -0.3 is 23.6 Å². The van der Waals surface area contributed by atoms with Gasteiger partial charge in [-0.1, -0.05) is 19.0 Å². The van der Waals surface area contributed by atoms with Gasteiger partial charge >= 0.3 is 0 Å². The lowest BCUT2D eigenvalue weighted by Gasteiger charge is -2.33. The van der Waals surface area contributed by atoms with Gasteiger partial charge in [0.1, 0.15) is 23.5 Å². The number of ether oxygens (including phenoxy) is 3. The van der Waals surface area contributed by atoms with Crippen LogP contribution in [0.4, 0.5) is 5.82 Å². The maximum atomic E-state index is 11.8. The van der Waals surface area contributed by atoms with E-state index in [1.165, 1.54) is 18.5 Å². The van der Waals surface area contributed by atoms with E-state index in [4.69, 9.17) is 18.7 Å². The molecule has 0 amide bonds. The molecule has 2 fully saturated rings. The van der Waals surface area contributed by atoms with Crippen LogP contribution >= 0.6 is 0 Å². The highest BCUT2D eigenvalue weighted by Gasteiger charge is 2.33. The van der Waals surface area contributed by atoms with Crippen LogP contribution in [0.5, 0.6) is 11.6 Å². The Labute approximate surface area is 209 Å². The Morgan fingerprint density at radius 3 is 2.36 bits per heavy atom. The fraction of sp³-hybridized carbons (Fsp3) is 0.500. The van der Waals surface area contributed by atoms with Gasteiger partial charge in [0.2, 0.25) is 11.8 Å². The van der Waals surface area contributed by atoms with Crippen molar-refractivity contribution in [3.05, 3.63) is 47.9 Å². The molecule has 0 radical (unpaired) electrons. The summed E-state index contributed by atoms with van der Waals surface area (Å²) in [7, 11) is -3.31. The minimum atomic E-state index is -3.31. The number of aromatic nitrogens is 4. The SMILES string of the molecule is CC(C)c1noc(C2CCN(c3ncnc(Oc4ccc(S(C)(=O)=O)cc4)c3C3OCCO3)CC2)n1. The highest BCUT2D eigenvalue weighted by atomic mass is 32.2. The molecule has 1 aromatic carbocycles. The maximum Gasteiger partial charge on any atom is 0.232 e. The quantitative estimate of drug-likeness (QED) is 0.457. The number of benzene rings is 1. The Kier molecular flexibility index (Phi) is 6.91. The van der Waals surface area contributed by atoms with E-state index < -0.39 is 16.1 Å². The van der Waals surface area contributed by atoms with Gasteiger partial charge in [-0.05, 0) is 37.1 Å². The van der Waals surface area contributed by atoms with Crippen molar-refractivity contribution in [2.24, 2.45) is 0 Å². The van der Waals surface area contributed by atoms with Gasteiger partial charge in [0.05, 0.1) is 18.1 Å². The van der Waals surface area contributed by atoms with Gasteiger partial charge in [-0.3, -0.25) is 0 Å². The number of sulfone groups is 1. The lowest BCUT2D eigenvalue weighted by molar-refractivity contribution is -0.0454. The van der Waals surface area contributed by atoms with Crippen molar-refractivity contribution in [3.63, 3.8) is 0 Å². The van der Waals surface area contributed by atoms with E-state index in [0.717, 1.165) is 38.0 Å². The van der Waals surface area contributed by atoms with Crippen molar-refractivity contribution in [3.8, 4) is 11.6 Å². The largest absolute Gasteiger partial charge is 0.438 e. The van der Waals surface area contributed by atoms with Crippen molar-refractivity contribution < 1.29 is 27.2 Å². The molecule has 0 saturated carbocycles. The zero-order valence-electron chi connectivity index (χ0n) is 20.5. The van der Waals surface area contributed by atoms with Crippen LogP contribution in [0.2, 0.25) is 0 Å². The van der Waals surface area contributed by atoms with Crippen molar-refractivity contribution in [1.82, 2.24) is 20.1 Å². The molecule has 3 aromatic rings. The summed E-state index contributed by atoms with van der Waals surface area (Å²) in [4.78, 5) is 15.9. The molecule has 0 N–H and O–H groups in total. The Hall–Kier alpha value is -3.09. The molecule has 11 nitrogen and oxygen atoms in total.